The molecule has 3 fully saturated rings. The average molecular weight is 399 g/mol. The summed E-state index contributed by atoms with van der Waals surface area (Å²) < 4.78 is 12.3. The first-order valence-electron chi connectivity index (χ1n) is 11.6. The van der Waals surface area contributed by atoms with Crippen molar-refractivity contribution in [1.82, 2.24) is 0 Å². The fourth-order valence-electron chi connectivity index (χ4n) is 6.47. The second-order valence-corrected chi connectivity index (χ2v) is 11.0. The van der Waals surface area contributed by atoms with Gasteiger partial charge in [0.05, 0.1) is 0 Å². The van der Waals surface area contributed by atoms with Crippen LogP contribution < -0.4 is 0 Å². The Balaban J connectivity index is 1.48. The molecule has 1 spiro atoms. The third-order valence-electron chi connectivity index (χ3n) is 7.95. The highest BCUT2D eigenvalue weighted by Crippen LogP contribution is 2.52. The Bertz CT molecular complexity index is 715. The molecule has 1 aromatic rings. The molecule has 2 saturated carbocycles. The molecular formula is C26H38O3. The van der Waals surface area contributed by atoms with Gasteiger partial charge >= 0.3 is 5.97 Å². The highest BCUT2D eigenvalue weighted by Gasteiger charge is 2.63. The molecule has 0 aromatic heterocycles. The Labute approximate surface area is 176 Å². The van der Waals surface area contributed by atoms with E-state index in [0.29, 0.717) is 23.7 Å². The van der Waals surface area contributed by atoms with E-state index in [1.807, 2.05) is 0 Å². The molecular weight excluding hydrogens is 360 g/mol. The van der Waals surface area contributed by atoms with Crippen LogP contribution in [0.5, 0.6) is 0 Å². The van der Waals surface area contributed by atoms with Gasteiger partial charge in [-0.05, 0) is 60.8 Å². The number of benzene rings is 1. The van der Waals surface area contributed by atoms with Crippen molar-refractivity contribution >= 4 is 5.97 Å². The SMILES string of the molecule is C[C@@H]1CC[C@@H](C(C)(C)c2ccccc2)[C@H](OC(=O)[C@@H]2OC23C[C@H](C)C[C@H](C)C3)C1. The minimum Gasteiger partial charge on any atom is -0.460 e. The predicted octanol–water partition coefficient (Wildman–Crippen LogP) is 5.91. The van der Waals surface area contributed by atoms with Gasteiger partial charge in [-0.3, -0.25) is 0 Å². The Morgan fingerprint density at radius 1 is 1.00 bits per heavy atom. The van der Waals surface area contributed by atoms with Crippen LogP contribution in [0.2, 0.25) is 0 Å². The number of esters is 1. The van der Waals surface area contributed by atoms with Gasteiger partial charge in [0.15, 0.2) is 6.10 Å². The molecule has 1 aromatic carbocycles. The van der Waals surface area contributed by atoms with E-state index in [1.165, 1.54) is 18.4 Å². The molecule has 1 aliphatic heterocycles. The second-order valence-electron chi connectivity index (χ2n) is 11.0. The number of ether oxygens (including phenoxy) is 2. The first kappa shape index (κ1) is 20.9. The van der Waals surface area contributed by atoms with Crippen molar-refractivity contribution in [3.8, 4) is 0 Å². The molecule has 1 heterocycles. The van der Waals surface area contributed by atoms with Crippen molar-refractivity contribution in [2.75, 3.05) is 0 Å². The van der Waals surface area contributed by atoms with Gasteiger partial charge in [-0.2, -0.15) is 0 Å². The first-order chi connectivity index (χ1) is 13.7. The molecule has 7 atom stereocenters. The number of epoxide rings is 1. The smallest absolute Gasteiger partial charge is 0.338 e. The fourth-order valence-corrected chi connectivity index (χ4v) is 6.47. The van der Waals surface area contributed by atoms with Crippen LogP contribution in [-0.4, -0.2) is 23.8 Å². The summed E-state index contributed by atoms with van der Waals surface area (Å²) in [7, 11) is 0. The maximum atomic E-state index is 13.1. The zero-order chi connectivity index (χ0) is 20.8. The van der Waals surface area contributed by atoms with Gasteiger partial charge < -0.3 is 9.47 Å². The molecule has 0 N–H and O–H groups in total. The maximum Gasteiger partial charge on any atom is 0.338 e. The Morgan fingerprint density at radius 3 is 2.31 bits per heavy atom. The molecule has 2 aliphatic carbocycles. The molecule has 0 bridgehead atoms. The zero-order valence-electron chi connectivity index (χ0n) is 18.8. The van der Waals surface area contributed by atoms with Crippen LogP contribution in [0.25, 0.3) is 0 Å². The summed E-state index contributed by atoms with van der Waals surface area (Å²) in [6.45, 7) is 11.5. The van der Waals surface area contributed by atoms with Gasteiger partial charge in [-0.25, -0.2) is 4.79 Å². The number of hydrogen-bond donors (Lipinski definition) is 0. The van der Waals surface area contributed by atoms with Crippen molar-refractivity contribution in [2.45, 2.75) is 96.4 Å². The maximum absolute atomic E-state index is 13.1. The lowest BCUT2D eigenvalue weighted by Crippen LogP contribution is -2.44. The third kappa shape index (κ3) is 4.13. The summed E-state index contributed by atoms with van der Waals surface area (Å²) >= 11 is 0. The van der Waals surface area contributed by atoms with E-state index >= 15 is 0 Å². The molecule has 160 valence electrons. The number of carbonyl (C=O) groups is 1. The highest BCUT2D eigenvalue weighted by atomic mass is 16.7. The summed E-state index contributed by atoms with van der Waals surface area (Å²) in [5, 5.41) is 0. The van der Waals surface area contributed by atoms with Crippen LogP contribution in [0.15, 0.2) is 30.3 Å². The van der Waals surface area contributed by atoms with Gasteiger partial charge in [0.1, 0.15) is 11.7 Å². The molecule has 4 rings (SSSR count). The summed E-state index contributed by atoms with van der Waals surface area (Å²) in [6.07, 6.45) is 6.12. The van der Waals surface area contributed by atoms with Crippen LogP contribution in [0, 0.1) is 23.7 Å². The van der Waals surface area contributed by atoms with Crippen molar-refractivity contribution in [3.05, 3.63) is 35.9 Å². The van der Waals surface area contributed by atoms with E-state index in [0.717, 1.165) is 25.7 Å². The number of carbonyl (C=O) groups excluding carboxylic acids is 1. The van der Waals surface area contributed by atoms with Crippen LogP contribution in [0.3, 0.4) is 0 Å². The predicted molar refractivity (Wildman–Crippen MR) is 116 cm³/mol. The summed E-state index contributed by atoms with van der Waals surface area (Å²) in [5.74, 6) is 2.06. The normalized spacial score (nSPS) is 39.9. The Hall–Kier alpha value is -1.35. The third-order valence-corrected chi connectivity index (χ3v) is 7.95. The summed E-state index contributed by atoms with van der Waals surface area (Å²) in [5.41, 5.74) is 1.07. The van der Waals surface area contributed by atoms with E-state index < -0.39 is 0 Å². The Kier molecular flexibility index (Phi) is 5.57. The standard InChI is InChI=1S/C26H38O3/c1-17-11-12-21(25(4,5)20-9-7-6-8-10-20)22(14-17)28-24(27)23-26(29-23)15-18(2)13-19(3)16-26/h6-10,17-19,21-23H,11-16H2,1-5H3/t17-,18-,19+,21-,22-,23+,26?/m1/s1. The minimum absolute atomic E-state index is 0.0255. The van der Waals surface area contributed by atoms with Gasteiger partial charge in [-0.1, -0.05) is 71.4 Å². The number of rotatable bonds is 4. The van der Waals surface area contributed by atoms with Crippen molar-refractivity contribution < 1.29 is 14.3 Å². The second kappa shape index (κ2) is 7.72. The van der Waals surface area contributed by atoms with E-state index in [-0.39, 0.29) is 29.2 Å². The molecule has 29 heavy (non-hydrogen) atoms. The monoisotopic (exact) mass is 398 g/mol. The molecule has 0 radical (unpaired) electrons. The zero-order valence-corrected chi connectivity index (χ0v) is 18.8. The molecule has 3 aliphatic rings. The number of hydrogen-bond acceptors (Lipinski definition) is 3. The first-order valence-corrected chi connectivity index (χ1v) is 11.6. The lowest BCUT2D eigenvalue weighted by molar-refractivity contribution is -0.158. The highest BCUT2D eigenvalue weighted by molar-refractivity contribution is 5.79. The lowest BCUT2D eigenvalue weighted by Gasteiger charge is -2.44. The summed E-state index contributed by atoms with van der Waals surface area (Å²) in [6, 6.07) is 10.7. The molecule has 1 saturated heterocycles. The van der Waals surface area contributed by atoms with Crippen LogP contribution in [-0.2, 0) is 19.7 Å². The van der Waals surface area contributed by atoms with Gasteiger partial charge in [0.25, 0.3) is 0 Å². The Morgan fingerprint density at radius 2 is 1.66 bits per heavy atom. The largest absolute Gasteiger partial charge is 0.460 e. The molecule has 0 amide bonds. The van der Waals surface area contributed by atoms with E-state index in [9.17, 15) is 4.79 Å². The van der Waals surface area contributed by atoms with Gasteiger partial charge in [0, 0.05) is 5.92 Å². The topological polar surface area (TPSA) is 38.8 Å². The van der Waals surface area contributed by atoms with Crippen molar-refractivity contribution in [2.24, 2.45) is 23.7 Å². The van der Waals surface area contributed by atoms with Crippen LogP contribution in [0.4, 0.5) is 0 Å². The van der Waals surface area contributed by atoms with Crippen molar-refractivity contribution in [3.63, 3.8) is 0 Å². The van der Waals surface area contributed by atoms with E-state index in [4.69, 9.17) is 9.47 Å². The summed E-state index contributed by atoms with van der Waals surface area (Å²) in [4.78, 5) is 13.1. The molecule has 3 heteroatoms. The minimum atomic E-state index is -0.342. The lowest BCUT2D eigenvalue weighted by atomic mass is 9.64. The van der Waals surface area contributed by atoms with Gasteiger partial charge in [-0.15, -0.1) is 0 Å². The van der Waals surface area contributed by atoms with E-state index in [1.54, 1.807) is 0 Å². The quantitative estimate of drug-likeness (QED) is 0.468. The average Bonchev–Trinajstić information content (AvgIpc) is 3.33. The molecule has 1 unspecified atom stereocenters. The fraction of sp³-hybridized carbons (Fsp3) is 0.731. The van der Waals surface area contributed by atoms with Crippen molar-refractivity contribution in [1.29, 1.82) is 0 Å². The van der Waals surface area contributed by atoms with Gasteiger partial charge in [0.2, 0.25) is 0 Å². The van der Waals surface area contributed by atoms with Crippen LogP contribution >= 0.6 is 0 Å². The molecule has 3 nitrogen and oxygen atoms in total. The van der Waals surface area contributed by atoms with Crippen LogP contribution in [0.1, 0.15) is 78.7 Å². The van der Waals surface area contributed by atoms with E-state index in [2.05, 4.69) is 65.0 Å².